The van der Waals surface area contributed by atoms with Gasteiger partial charge in [0.25, 0.3) is 8.32 Å². The molecule has 0 aromatic heterocycles. The lowest BCUT2D eigenvalue weighted by Gasteiger charge is -2.43. The third-order valence-corrected chi connectivity index (χ3v) is 10.3. The van der Waals surface area contributed by atoms with Crippen LogP contribution in [0, 0.1) is 0 Å². The third-order valence-electron chi connectivity index (χ3n) is 5.27. The topological polar surface area (TPSA) is 76.0 Å². The normalized spacial score (nSPS) is 14.2. The van der Waals surface area contributed by atoms with Crippen molar-refractivity contribution in [3.63, 3.8) is 0 Å². The van der Waals surface area contributed by atoms with Gasteiger partial charge in [-0.15, -0.1) is 0 Å². The summed E-state index contributed by atoms with van der Waals surface area (Å²) in [5.74, 6) is -0.794. The molecule has 0 fully saturated rings. The van der Waals surface area contributed by atoms with E-state index in [4.69, 9.17) is 9.16 Å². The Morgan fingerprint density at radius 1 is 0.967 bits per heavy atom. The Hall–Kier alpha value is -1.99. The van der Waals surface area contributed by atoms with E-state index in [9.17, 15) is 15.0 Å². The third kappa shape index (κ3) is 5.58. The Morgan fingerprint density at radius 3 is 1.90 bits per heavy atom. The second-order valence-corrected chi connectivity index (χ2v) is 12.7. The van der Waals surface area contributed by atoms with Gasteiger partial charge in [-0.25, -0.2) is 4.79 Å². The van der Waals surface area contributed by atoms with Gasteiger partial charge in [0.05, 0.1) is 12.7 Å². The molecule has 0 aliphatic rings. The van der Waals surface area contributed by atoms with Crippen LogP contribution >= 0.6 is 0 Å². The molecular weight excluding hydrogens is 396 g/mol. The molecule has 5 nitrogen and oxygen atoms in total. The summed E-state index contributed by atoms with van der Waals surface area (Å²) in [6, 6.07) is 20.7. The van der Waals surface area contributed by atoms with E-state index in [1.54, 1.807) is 6.92 Å². The minimum atomic E-state index is -2.62. The van der Waals surface area contributed by atoms with Gasteiger partial charge in [-0.2, -0.15) is 0 Å². The summed E-state index contributed by atoms with van der Waals surface area (Å²) in [5, 5.41) is 22.3. The van der Waals surface area contributed by atoms with E-state index in [1.807, 2.05) is 36.4 Å². The molecule has 2 aromatic carbocycles. The highest BCUT2D eigenvalue weighted by Crippen LogP contribution is 2.36. The van der Waals surface area contributed by atoms with Crippen LogP contribution in [-0.2, 0) is 14.0 Å². The Balaban J connectivity index is 2.20. The van der Waals surface area contributed by atoms with E-state index in [0.717, 1.165) is 0 Å². The number of ether oxygens (including phenoxy) is 1. The molecule has 2 rings (SSSR count). The van der Waals surface area contributed by atoms with Crippen LogP contribution in [0.1, 0.15) is 40.5 Å². The van der Waals surface area contributed by atoms with Gasteiger partial charge in [0.15, 0.2) is 6.10 Å². The lowest BCUT2D eigenvalue weighted by molar-refractivity contribution is -0.159. The number of esters is 1. The van der Waals surface area contributed by atoms with Crippen molar-refractivity contribution in [2.24, 2.45) is 0 Å². The van der Waals surface area contributed by atoms with Crippen LogP contribution in [0.5, 0.6) is 0 Å². The summed E-state index contributed by atoms with van der Waals surface area (Å²) >= 11 is 0. The number of rotatable bonds is 10. The van der Waals surface area contributed by atoms with Gasteiger partial charge in [0.1, 0.15) is 0 Å². The minimum absolute atomic E-state index is 0.126. The lowest BCUT2D eigenvalue weighted by atomic mass is 10.1. The van der Waals surface area contributed by atoms with E-state index in [2.05, 4.69) is 45.0 Å². The van der Waals surface area contributed by atoms with E-state index in [1.165, 1.54) is 10.4 Å². The number of hydrogen-bond donors (Lipinski definition) is 2. The van der Waals surface area contributed by atoms with Crippen LogP contribution < -0.4 is 10.4 Å². The maximum atomic E-state index is 11.6. The Kier molecular flexibility index (Phi) is 8.79. The molecule has 2 atom stereocenters. The highest BCUT2D eigenvalue weighted by atomic mass is 28.4. The Labute approximate surface area is 180 Å². The first-order valence-corrected chi connectivity index (χ1v) is 12.4. The van der Waals surface area contributed by atoms with Crippen LogP contribution in [0.2, 0.25) is 5.04 Å². The highest BCUT2D eigenvalue weighted by Gasteiger charge is 2.49. The number of aliphatic hydroxyl groups is 2. The van der Waals surface area contributed by atoms with Crippen molar-refractivity contribution in [3.05, 3.63) is 60.7 Å². The molecule has 2 aromatic rings. The zero-order valence-corrected chi connectivity index (χ0v) is 19.4. The van der Waals surface area contributed by atoms with Gasteiger partial charge < -0.3 is 19.4 Å². The van der Waals surface area contributed by atoms with Crippen molar-refractivity contribution >= 4 is 24.7 Å². The van der Waals surface area contributed by atoms with Gasteiger partial charge in [-0.1, -0.05) is 81.4 Å². The van der Waals surface area contributed by atoms with Gasteiger partial charge in [0.2, 0.25) is 0 Å². The van der Waals surface area contributed by atoms with Gasteiger partial charge in [-0.3, -0.25) is 0 Å². The summed E-state index contributed by atoms with van der Waals surface area (Å²) in [5.41, 5.74) is 0. The molecule has 0 saturated heterocycles. The zero-order valence-electron chi connectivity index (χ0n) is 18.4. The number of aliphatic hydroxyl groups excluding tert-OH is 2. The molecular formula is C24H34O5Si. The van der Waals surface area contributed by atoms with Crippen molar-refractivity contribution in [1.82, 2.24) is 0 Å². The highest BCUT2D eigenvalue weighted by molar-refractivity contribution is 6.99. The van der Waals surface area contributed by atoms with Crippen LogP contribution in [0.25, 0.3) is 0 Å². The molecule has 0 unspecified atom stereocenters. The first-order chi connectivity index (χ1) is 14.2. The number of carbonyl (C=O) groups excluding carboxylic acids is 1. The zero-order chi connectivity index (χ0) is 22.2. The summed E-state index contributed by atoms with van der Waals surface area (Å²) in [7, 11) is -2.62. The standard InChI is InChI=1S/C24H34O5Si/c1-5-28-23(27)22(26)21(25)17-12-18-29-30(24(2,3)4,19-13-8-6-9-14-19)20-15-10-7-11-16-20/h6-11,13-16,21-22,25-26H,5,12,17-18H2,1-4H3/t21-,22+/m0/s1. The Bertz CT molecular complexity index is 734. The first-order valence-electron chi connectivity index (χ1n) is 10.5. The van der Waals surface area contributed by atoms with Crippen LogP contribution in [0.15, 0.2) is 60.7 Å². The van der Waals surface area contributed by atoms with Crippen molar-refractivity contribution in [1.29, 1.82) is 0 Å². The fourth-order valence-corrected chi connectivity index (χ4v) is 8.43. The summed E-state index contributed by atoms with van der Waals surface area (Å²) in [6.45, 7) is 8.86. The van der Waals surface area contributed by atoms with Crippen molar-refractivity contribution in [3.8, 4) is 0 Å². The van der Waals surface area contributed by atoms with Crippen molar-refractivity contribution in [2.45, 2.75) is 57.8 Å². The molecule has 0 heterocycles. The molecule has 0 spiro atoms. The van der Waals surface area contributed by atoms with Crippen LogP contribution in [0.3, 0.4) is 0 Å². The molecule has 0 saturated carbocycles. The molecule has 6 heteroatoms. The van der Waals surface area contributed by atoms with Crippen LogP contribution in [-0.4, -0.2) is 49.9 Å². The fraction of sp³-hybridized carbons (Fsp3) is 0.458. The molecule has 0 aliphatic heterocycles. The monoisotopic (exact) mass is 430 g/mol. The second kappa shape index (κ2) is 10.9. The van der Waals surface area contributed by atoms with E-state index < -0.39 is 26.5 Å². The average Bonchev–Trinajstić information content (AvgIpc) is 2.73. The van der Waals surface area contributed by atoms with Gasteiger partial charge in [0, 0.05) is 6.61 Å². The Morgan fingerprint density at radius 2 is 1.47 bits per heavy atom. The molecule has 0 aliphatic carbocycles. The molecule has 0 bridgehead atoms. The van der Waals surface area contributed by atoms with Gasteiger partial charge >= 0.3 is 5.97 Å². The van der Waals surface area contributed by atoms with Crippen LogP contribution in [0.4, 0.5) is 0 Å². The summed E-state index contributed by atoms with van der Waals surface area (Å²) in [6.07, 6.45) is -1.94. The number of hydrogen-bond acceptors (Lipinski definition) is 5. The maximum Gasteiger partial charge on any atom is 0.337 e. The number of benzene rings is 2. The smallest absolute Gasteiger partial charge is 0.337 e. The molecule has 2 N–H and O–H groups in total. The van der Waals surface area contributed by atoms with Gasteiger partial charge in [-0.05, 0) is 35.2 Å². The predicted octanol–water partition coefficient (Wildman–Crippen LogP) is 2.63. The predicted molar refractivity (Wildman–Crippen MR) is 121 cm³/mol. The largest absolute Gasteiger partial charge is 0.464 e. The number of carbonyl (C=O) groups is 1. The lowest BCUT2D eigenvalue weighted by Crippen LogP contribution is -2.66. The molecule has 0 radical (unpaired) electrons. The summed E-state index contributed by atoms with van der Waals surface area (Å²) < 4.78 is 11.5. The fourth-order valence-electron chi connectivity index (χ4n) is 3.82. The average molecular weight is 431 g/mol. The quantitative estimate of drug-likeness (QED) is 0.344. The maximum absolute atomic E-state index is 11.6. The van der Waals surface area contributed by atoms with E-state index >= 15 is 0 Å². The molecule has 164 valence electrons. The minimum Gasteiger partial charge on any atom is -0.464 e. The molecule has 30 heavy (non-hydrogen) atoms. The second-order valence-electron chi connectivity index (χ2n) is 8.42. The molecule has 0 amide bonds. The summed E-state index contributed by atoms with van der Waals surface area (Å²) in [4.78, 5) is 11.6. The first kappa shape index (κ1) is 24.3. The van der Waals surface area contributed by atoms with Crippen molar-refractivity contribution in [2.75, 3.05) is 13.2 Å². The van der Waals surface area contributed by atoms with Crippen molar-refractivity contribution < 1.29 is 24.2 Å². The van der Waals surface area contributed by atoms with E-state index in [0.29, 0.717) is 13.0 Å². The SMILES string of the molecule is CCOC(=O)[C@H](O)[C@@H](O)CCCO[Si](c1ccccc1)(c1ccccc1)C(C)(C)C. The van der Waals surface area contributed by atoms with E-state index in [-0.39, 0.29) is 18.1 Å².